The van der Waals surface area contributed by atoms with E-state index in [1.165, 1.54) is 6.33 Å². The first-order valence-corrected chi connectivity index (χ1v) is 8.00. The molecule has 7 heteroatoms. The lowest BCUT2D eigenvalue weighted by atomic mass is 10.1. The molecule has 2 aromatic carbocycles. The van der Waals surface area contributed by atoms with Crippen molar-refractivity contribution in [1.29, 1.82) is 0 Å². The maximum absolute atomic E-state index is 11.4. The fourth-order valence-corrected chi connectivity index (χ4v) is 2.35. The maximum atomic E-state index is 11.4. The first kappa shape index (κ1) is 16.7. The molecule has 1 heterocycles. The predicted molar refractivity (Wildman–Crippen MR) is 97.7 cm³/mol. The minimum Gasteiger partial charge on any atom is -0.438 e. The highest BCUT2D eigenvalue weighted by Crippen LogP contribution is 2.35. The SMILES string of the molecule is Nc1ncnc(Oc2cccc(NC(=O)CCl)c2)c1-c1ccccc1. The summed E-state index contributed by atoms with van der Waals surface area (Å²) in [5.74, 6) is 0.742. The Morgan fingerprint density at radius 3 is 2.68 bits per heavy atom. The second-order valence-electron chi connectivity index (χ2n) is 5.12. The number of nitrogens with zero attached hydrogens (tertiary/aromatic N) is 2. The van der Waals surface area contributed by atoms with E-state index < -0.39 is 0 Å². The number of halogens is 1. The molecule has 0 atom stereocenters. The Hall–Kier alpha value is -3.12. The molecular weight excluding hydrogens is 340 g/mol. The Kier molecular flexibility index (Phi) is 5.11. The van der Waals surface area contributed by atoms with Crippen LogP contribution in [-0.4, -0.2) is 21.8 Å². The van der Waals surface area contributed by atoms with E-state index in [4.69, 9.17) is 22.1 Å². The number of hydrogen-bond donors (Lipinski definition) is 2. The minimum absolute atomic E-state index is 0.119. The molecule has 3 aromatic rings. The molecule has 25 heavy (non-hydrogen) atoms. The highest BCUT2D eigenvalue weighted by molar-refractivity contribution is 6.29. The number of amides is 1. The number of nitrogens with one attached hydrogen (secondary N) is 1. The second kappa shape index (κ2) is 7.63. The second-order valence-corrected chi connectivity index (χ2v) is 5.38. The molecule has 1 amide bonds. The van der Waals surface area contributed by atoms with Crippen molar-refractivity contribution in [3.63, 3.8) is 0 Å². The summed E-state index contributed by atoms with van der Waals surface area (Å²) >= 11 is 5.50. The first-order chi connectivity index (χ1) is 12.2. The molecule has 126 valence electrons. The molecular formula is C18H15ClN4O2. The van der Waals surface area contributed by atoms with Gasteiger partial charge in [0.25, 0.3) is 0 Å². The zero-order valence-corrected chi connectivity index (χ0v) is 13.9. The summed E-state index contributed by atoms with van der Waals surface area (Å²) < 4.78 is 5.89. The van der Waals surface area contributed by atoms with Crippen molar-refractivity contribution >= 4 is 29.0 Å². The molecule has 0 bridgehead atoms. The summed E-state index contributed by atoms with van der Waals surface area (Å²) in [4.78, 5) is 19.7. The smallest absolute Gasteiger partial charge is 0.239 e. The third kappa shape index (κ3) is 4.05. The zero-order chi connectivity index (χ0) is 17.6. The van der Waals surface area contributed by atoms with E-state index in [1.807, 2.05) is 30.3 Å². The Morgan fingerprint density at radius 2 is 1.92 bits per heavy atom. The van der Waals surface area contributed by atoms with Gasteiger partial charge in [-0.3, -0.25) is 4.79 Å². The van der Waals surface area contributed by atoms with E-state index in [0.717, 1.165) is 5.56 Å². The summed E-state index contributed by atoms with van der Waals surface area (Å²) in [6.45, 7) is 0. The molecule has 0 aliphatic heterocycles. The summed E-state index contributed by atoms with van der Waals surface area (Å²) in [5, 5.41) is 2.67. The number of anilines is 2. The quantitative estimate of drug-likeness (QED) is 0.682. The van der Waals surface area contributed by atoms with Gasteiger partial charge < -0.3 is 15.8 Å². The van der Waals surface area contributed by atoms with Crippen molar-refractivity contribution in [2.24, 2.45) is 0 Å². The van der Waals surface area contributed by atoms with Crippen molar-refractivity contribution in [2.45, 2.75) is 0 Å². The monoisotopic (exact) mass is 354 g/mol. The molecule has 0 radical (unpaired) electrons. The van der Waals surface area contributed by atoms with Crippen molar-refractivity contribution in [2.75, 3.05) is 16.9 Å². The van der Waals surface area contributed by atoms with Gasteiger partial charge in [-0.05, 0) is 17.7 Å². The lowest BCUT2D eigenvalue weighted by Gasteiger charge is -2.12. The Balaban J connectivity index is 1.93. The number of carbonyl (C=O) groups is 1. The Bertz CT molecular complexity index is 887. The molecule has 0 unspecified atom stereocenters. The van der Waals surface area contributed by atoms with Crippen LogP contribution in [0.5, 0.6) is 11.6 Å². The molecule has 0 aliphatic rings. The highest BCUT2D eigenvalue weighted by Gasteiger charge is 2.14. The molecule has 3 rings (SSSR count). The van der Waals surface area contributed by atoms with Gasteiger partial charge in [0.05, 0.1) is 5.56 Å². The van der Waals surface area contributed by atoms with Gasteiger partial charge in [0.2, 0.25) is 11.8 Å². The predicted octanol–water partition coefficient (Wildman–Crippen LogP) is 3.70. The van der Waals surface area contributed by atoms with Crippen molar-refractivity contribution in [1.82, 2.24) is 9.97 Å². The summed E-state index contributed by atoms with van der Waals surface area (Å²) in [6, 6.07) is 16.4. The van der Waals surface area contributed by atoms with Gasteiger partial charge in [-0.15, -0.1) is 11.6 Å². The number of alkyl halides is 1. The largest absolute Gasteiger partial charge is 0.438 e. The van der Waals surface area contributed by atoms with Gasteiger partial charge in [-0.1, -0.05) is 36.4 Å². The van der Waals surface area contributed by atoms with Crippen LogP contribution in [0.25, 0.3) is 11.1 Å². The Labute approximate surface area is 149 Å². The number of ether oxygens (including phenoxy) is 1. The number of nitrogens with two attached hydrogens (primary N) is 1. The molecule has 0 saturated heterocycles. The van der Waals surface area contributed by atoms with Crippen LogP contribution in [0.3, 0.4) is 0 Å². The molecule has 6 nitrogen and oxygen atoms in total. The molecule has 0 fully saturated rings. The molecule has 0 aliphatic carbocycles. The lowest BCUT2D eigenvalue weighted by Crippen LogP contribution is -2.12. The fraction of sp³-hybridized carbons (Fsp3) is 0.0556. The van der Waals surface area contributed by atoms with Crippen LogP contribution in [0.1, 0.15) is 0 Å². The van der Waals surface area contributed by atoms with Crippen LogP contribution >= 0.6 is 11.6 Å². The van der Waals surface area contributed by atoms with Gasteiger partial charge in [-0.25, -0.2) is 9.97 Å². The Morgan fingerprint density at radius 1 is 1.12 bits per heavy atom. The number of benzene rings is 2. The van der Waals surface area contributed by atoms with Crippen molar-refractivity contribution in [3.8, 4) is 22.8 Å². The van der Waals surface area contributed by atoms with Crippen LogP contribution in [0, 0.1) is 0 Å². The van der Waals surface area contributed by atoms with E-state index >= 15 is 0 Å². The van der Waals surface area contributed by atoms with Gasteiger partial charge in [0, 0.05) is 11.8 Å². The van der Waals surface area contributed by atoms with Crippen LogP contribution in [0.4, 0.5) is 11.5 Å². The standard InChI is InChI=1S/C18H15ClN4O2/c19-10-15(24)23-13-7-4-8-14(9-13)25-18-16(17(20)21-11-22-18)12-5-2-1-3-6-12/h1-9,11H,10H2,(H,23,24)(H2,20,21,22). The third-order valence-electron chi connectivity index (χ3n) is 3.36. The van der Waals surface area contributed by atoms with Crippen molar-refractivity contribution in [3.05, 3.63) is 60.9 Å². The third-order valence-corrected chi connectivity index (χ3v) is 3.60. The van der Waals surface area contributed by atoms with Crippen LogP contribution in [0.15, 0.2) is 60.9 Å². The van der Waals surface area contributed by atoms with Crippen LogP contribution in [-0.2, 0) is 4.79 Å². The van der Waals surface area contributed by atoms with Crippen LogP contribution in [0.2, 0.25) is 0 Å². The number of hydrogen-bond acceptors (Lipinski definition) is 5. The number of rotatable bonds is 5. The summed E-state index contributed by atoms with van der Waals surface area (Å²) in [6.07, 6.45) is 1.34. The van der Waals surface area contributed by atoms with E-state index in [2.05, 4.69) is 15.3 Å². The molecule has 3 N–H and O–H groups in total. The normalized spacial score (nSPS) is 10.3. The topological polar surface area (TPSA) is 90.1 Å². The average Bonchev–Trinajstić information content (AvgIpc) is 2.63. The number of aromatic nitrogens is 2. The zero-order valence-electron chi connectivity index (χ0n) is 13.1. The maximum Gasteiger partial charge on any atom is 0.239 e. The van der Waals surface area contributed by atoms with Gasteiger partial charge in [0.1, 0.15) is 23.8 Å². The average molecular weight is 355 g/mol. The molecule has 1 aromatic heterocycles. The van der Waals surface area contributed by atoms with Gasteiger partial charge in [0.15, 0.2) is 0 Å². The number of nitrogen functional groups attached to an aromatic ring is 1. The molecule has 0 saturated carbocycles. The van der Waals surface area contributed by atoms with Gasteiger partial charge in [-0.2, -0.15) is 0 Å². The van der Waals surface area contributed by atoms with Gasteiger partial charge >= 0.3 is 0 Å². The van der Waals surface area contributed by atoms with E-state index in [1.54, 1.807) is 24.3 Å². The summed E-state index contributed by atoms with van der Waals surface area (Å²) in [7, 11) is 0. The number of carbonyl (C=O) groups excluding carboxylic acids is 1. The van der Waals surface area contributed by atoms with E-state index in [-0.39, 0.29) is 11.8 Å². The highest BCUT2D eigenvalue weighted by atomic mass is 35.5. The van der Waals surface area contributed by atoms with E-state index in [9.17, 15) is 4.79 Å². The lowest BCUT2D eigenvalue weighted by molar-refractivity contribution is -0.113. The minimum atomic E-state index is -0.296. The first-order valence-electron chi connectivity index (χ1n) is 7.47. The summed E-state index contributed by atoms with van der Waals surface area (Å²) in [5.41, 5.74) is 8.05. The molecule has 0 spiro atoms. The van der Waals surface area contributed by atoms with Crippen molar-refractivity contribution < 1.29 is 9.53 Å². The van der Waals surface area contributed by atoms with E-state index in [0.29, 0.717) is 28.7 Å². The fourth-order valence-electron chi connectivity index (χ4n) is 2.28. The van der Waals surface area contributed by atoms with Crippen LogP contribution < -0.4 is 15.8 Å².